The number of nitrogens with one attached hydrogen (secondary N) is 2. The molecule has 6 heteroatoms. The smallest absolute Gasteiger partial charge is 0.253 e. The number of hydrogen-bond acceptors (Lipinski definition) is 4. The third-order valence-corrected chi connectivity index (χ3v) is 2.15. The molecule has 1 rings (SSSR count). The van der Waals surface area contributed by atoms with Crippen LogP contribution in [0.15, 0.2) is 23.5 Å². The number of carbonyl (C=O) groups excluding carboxylic acids is 1. The van der Waals surface area contributed by atoms with Gasteiger partial charge < -0.3 is 15.4 Å². The molecule has 17 heavy (non-hydrogen) atoms. The zero-order valence-corrected chi connectivity index (χ0v) is 9.97. The zero-order chi connectivity index (χ0) is 12.7. The largest absolute Gasteiger partial charge is 0.411 e. The van der Waals surface area contributed by atoms with Gasteiger partial charge in [0.05, 0.1) is 44.7 Å². The molecule has 0 radical (unpaired) electrons. The van der Waals surface area contributed by atoms with E-state index in [-0.39, 0.29) is 5.91 Å². The first-order valence-electron chi connectivity index (χ1n) is 5.34. The Morgan fingerprint density at radius 1 is 1.59 bits per heavy atom. The molecule has 1 aromatic heterocycles. The number of rotatable bonds is 5. The summed E-state index contributed by atoms with van der Waals surface area (Å²) in [4.78, 5) is 16.9. The normalized spacial score (nSPS) is 11.0. The molecular formula is C11H17N4O2+. The predicted molar refractivity (Wildman–Crippen MR) is 63.6 cm³/mol. The predicted octanol–water partition coefficient (Wildman–Crippen LogP) is -1.24. The van der Waals surface area contributed by atoms with Gasteiger partial charge in [-0.15, -0.1) is 0 Å². The molecule has 92 valence electrons. The second-order valence-corrected chi connectivity index (χ2v) is 3.93. The quantitative estimate of drug-likeness (QED) is 0.341. The minimum absolute atomic E-state index is 0.147. The Morgan fingerprint density at radius 3 is 2.88 bits per heavy atom. The Labute approximate surface area is 100.0 Å². The van der Waals surface area contributed by atoms with E-state index in [4.69, 9.17) is 5.21 Å². The summed E-state index contributed by atoms with van der Waals surface area (Å²) >= 11 is 0. The first-order chi connectivity index (χ1) is 8.13. The lowest BCUT2D eigenvalue weighted by atomic mass is 10.2. The van der Waals surface area contributed by atoms with Crippen LogP contribution in [0.4, 0.5) is 0 Å². The van der Waals surface area contributed by atoms with Crippen LogP contribution < -0.4 is 10.2 Å². The minimum atomic E-state index is -0.147. The number of carbonyl (C=O) groups is 1. The molecule has 0 spiro atoms. The van der Waals surface area contributed by atoms with E-state index < -0.39 is 0 Å². The number of hydrogen-bond donors (Lipinski definition) is 3. The van der Waals surface area contributed by atoms with E-state index in [0.717, 1.165) is 6.54 Å². The maximum Gasteiger partial charge on any atom is 0.253 e. The van der Waals surface area contributed by atoms with Crippen LogP contribution in [-0.4, -0.2) is 49.5 Å². The molecule has 0 unspecified atom stereocenters. The molecule has 0 fully saturated rings. The third kappa shape index (κ3) is 4.60. The maximum absolute atomic E-state index is 11.7. The molecule has 0 saturated heterocycles. The van der Waals surface area contributed by atoms with Crippen molar-refractivity contribution in [1.82, 2.24) is 10.3 Å². The van der Waals surface area contributed by atoms with Crippen molar-refractivity contribution in [2.45, 2.75) is 0 Å². The highest BCUT2D eigenvalue weighted by molar-refractivity contribution is 5.94. The second-order valence-electron chi connectivity index (χ2n) is 3.93. The molecule has 0 aromatic carbocycles. The Bertz CT molecular complexity index is 387. The summed E-state index contributed by atoms with van der Waals surface area (Å²) in [5, 5.41) is 14.0. The molecule has 0 bridgehead atoms. The van der Waals surface area contributed by atoms with Crippen molar-refractivity contribution in [2.75, 3.05) is 27.2 Å². The highest BCUT2D eigenvalue weighted by atomic mass is 16.4. The highest BCUT2D eigenvalue weighted by Crippen LogP contribution is 1.98. The fourth-order valence-electron chi connectivity index (χ4n) is 1.20. The van der Waals surface area contributed by atoms with Crippen LogP contribution in [0.3, 0.4) is 0 Å². The van der Waals surface area contributed by atoms with Crippen LogP contribution in [0.5, 0.6) is 0 Å². The van der Waals surface area contributed by atoms with Gasteiger partial charge in [0.25, 0.3) is 5.91 Å². The molecule has 0 atom stereocenters. The Balaban J connectivity index is 2.51. The number of pyridine rings is 1. The second kappa shape index (κ2) is 6.59. The average molecular weight is 237 g/mol. The van der Waals surface area contributed by atoms with Gasteiger partial charge in [0, 0.05) is 6.20 Å². The van der Waals surface area contributed by atoms with Gasteiger partial charge in [-0.2, -0.15) is 0 Å². The Hall–Kier alpha value is -1.95. The van der Waals surface area contributed by atoms with Crippen molar-refractivity contribution < 1.29 is 14.9 Å². The van der Waals surface area contributed by atoms with Crippen molar-refractivity contribution in [1.29, 1.82) is 0 Å². The number of nitrogens with zero attached hydrogens (tertiary/aromatic N) is 2. The van der Waals surface area contributed by atoms with E-state index in [1.165, 1.54) is 17.3 Å². The Kier molecular flexibility index (Phi) is 5.09. The lowest BCUT2D eigenvalue weighted by Crippen LogP contribution is -3.06. The van der Waals surface area contributed by atoms with Crippen molar-refractivity contribution in [3.63, 3.8) is 0 Å². The summed E-state index contributed by atoms with van der Waals surface area (Å²) in [5.41, 5.74) is 0.996. The van der Waals surface area contributed by atoms with E-state index in [1.807, 2.05) is 14.1 Å². The van der Waals surface area contributed by atoms with Gasteiger partial charge in [-0.05, 0) is 12.1 Å². The van der Waals surface area contributed by atoms with E-state index in [9.17, 15) is 4.79 Å². The van der Waals surface area contributed by atoms with Gasteiger partial charge in [0.15, 0.2) is 0 Å². The summed E-state index contributed by atoms with van der Waals surface area (Å²) in [6.07, 6.45) is 2.66. The van der Waals surface area contributed by atoms with Crippen LogP contribution in [0.25, 0.3) is 0 Å². The molecule has 1 aromatic rings. The topological polar surface area (TPSA) is 79.0 Å². The van der Waals surface area contributed by atoms with Crippen LogP contribution in [-0.2, 0) is 0 Å². The highest BCUT2D eigenvalue weighted by Gasteiger charge is 2.05. The summed E-state index contributed by atoms with van der Waals surface area (Å²) in [6, 6.07) is 3.26. The van der Waals surface area contributed by atoms with E-state index >= 15 is 0 Å². The van der Waals surface area contributed by atoms with Crippen LogP contribution in [0.2, 0.25) is 0 Å². The number of amides is 1. The molecule has 3 N–H and O–H groups in total. The number of aromatic nitrogens is 1. The molecule has 1 heterocycles. The van der Waals surface area contributed by atoms with Crippen LogP contribution in [0.1, 0.15) is 16.1 Å². The van der Waals surface area contributed by atoms with E-state index in [1.54, 1.807) is 12.1 Å². The van der Waals surface area contributed by atoms with Gasteiger partial charge in [-0.1, -0.05) is 5.16 Å². The first kappa shape index (κ1) is 13.1. The molecule has 0 aliphatic rings. The summed E-state index contributed by atoms with van der Waals surface area (Å²) in [7, 11) is 4.05. The number of quaternary nitrogens is 1. The van der Waals surface area contributed by atoms with Gasteiger partial charge in [-0.25, -0.2) is 0 Å². The van der Waals surface area contributed by atoms with E-state index in [0.29, 0.717) is 17.8 Å². The van der Waals surface area contributed by atoms with Crippen molar-refractivity contribution in [3.05, 3.63) is 29.6 Å². The van der Waals surface area contributed by atoms with Gasteiger partial charge in [0.1, 0.15) is 0 Å². The van der Waals surface area contributed by atoms with Crippen molar-refractivity contribution >= 4 is 12.1 Å². The van der Waals surface area contributed by atoms with Crippen LogP contribution >= 0.6 is 0 Å². The van der Waals surface area contributed by atoms with Gasteiger partial charge in [0.2, 0.25) is 0 Å². The fraction of sp³-hybridized carbons (Fsp3) is 0.364. The standard InChI is InChI=1S/C11H16N4O2/c1-15(2)6-5-12-11(16)9-3-4-10(8-14-17)13-7-9/h3-4,7-8,17H,5-6H2,1-2H3,(H,12,16)/p+1/b14-8+. The minimum Gasteiger partial charge on any atom is -0.411 e. The zero-order valence-electron chi connectivity index (χ0n) is 9.97. The van der Waals surface area contributed by atoms with Crippen molar-refractivity contribution in [2.24, 2.45) is 5.16 Å². The third-order valence-electron chi connectivity index (χ3n) is 2.15. The van der Waals surface area contributed by atoms with E-state index in [2.05, 4.69) is 15.5 Å². The molecule has 1 amide bonds. The lowest BCUT2D eigenvalue weighted by Gasteiger charge is -2.08. The number of likely N-dealkylation sites (N-methyl/N-ethyl adjacent to an activating group) is 1. The maximum atomic E-state index is 11.7. The lowest BCUT2D eigenvalue weighted by molar-refractivity contribution is -0.856. The van der Waals surface area contributed by atoms with Gasteiger partial charge >= 0.3 is 0 Å². The first-order valence-corrected chi connectivity index (χ1v) is 5.34. The summed E-state index contributed by atoms with van der Waals surface area (Å²) < 4.78 is 0. The molecule has 0 aliphatic carbocycles. The molecule has 0 saturated carbocycles. The van der Waals surface area contributed by atoms with Crippen molar-refractivity contribution in [3.8, 4) is 0 Å². The molecule has 6 nitrogen and oxygen atoms in total. The monoisotopic (exact) mass is 237 g/mol. The molecular weight excluding hydrogens is 220 g/mol. The summed E-state index contributed by atoms with van der Waals surface area (Å²) in [6.45, 7) is 1.50. The number of oxime groups is 1. The SMILES string of the molecule is C[NH+](C)CCNC(=O)c1ccc(/C=N/O)nc1. The molecule has 0 aliphatic heterocycles. The van der Waals surface area contributed by atoms with Gasteiger partial charge in [-0.3, -0.25) is 9.78 Å². The fourth-order valence-corrected chi connectivity index (χ4v) is 1.20. The summed E-state index contributed by atoms with van der Waals surface area (Å²) in [5.74, 6) is -0.147. The average Bonchev–Trinajstić information content (AvgIpc) is 2.30. The van der Waals surface area contributed by atoms with Crippen LogP contribution in [0, 0.1) is 0 Å². The Morgan fingerprint density at radius 2 is 2.35 bits per heavy atom.